The van der Waals surface area contributed by atoms with Crippen LogP contribution >= 0.6 is 0 Å². The molecule has 0 amide bonds. The lowest BCUT2D eigenvalue weighted by Gasteiger charge is -2.09. The SMILES string of the molecule is Cc1cc(CNCC(C)C)nc(Cc2ccncc2)n1. The van der Waals surface area contributed by atoms with Crippen molar-refractivity contribution in [1.82, 2.24) is 20.3 Å². The zero-order valence-electron chi connectivity index (χ0n) is 12.4. The fourth-order valence-corrected chi connectivity index (χ4v) is 2.04. The molecule has 0 aliphatic rings. The first-order chi connectivity index (χ1) is 9.63. The number of aromatic nitrogens is 3. The van der Waals surface area contributed by atoms with Crippen LogP contribution in [0.15, 0.2) is 30.6 Å². The van der Waals surface area contributed by atoms with Gasteiger partial charge in [-0.25, -0.2) is 9.97 Å². The van der Waals surface area contributed by atoms with Crippen molar-refractivity contribution in [3.05, 3.63) is 53.4 Å². The summed E-state index contributed by atoms with van der Waals surface area (Å²) < 4.78 is 0. The van der Waals surface area contributed by atoms with E-state index < -0.39 is 0 Å². The van der Waals surface area contributed by atoms with Gasteiger partial charge in [-0.2, -0.15) is 0 Å². The van der Waals surface area contributed by atoms with Gasteiger partial charge in [0.25, 0.3) is 0 Å². The van der Waals surface area contributed by atoms with Gasteiger partial charge >= 0.3 is 0 Å². The summed E-state index contributed by atoms with van der Waals surface area (Å²) in [5, 5.41) is 3.42. The van der Waals surface area contributed by atoms with Crippen LogP contribution in [0, 0.1) is 12.8 Å². The zero-order valence-corrected chi connectivity index (χ0v) is 12.4. The molecule has 2 heterocycles. The molecule has 0 aliphatic heterocycles. The quantitative estimate of drug-likeness (QED) is 0.876. The Kier molecular flexibility index (Phi) is 5.18. The second-order valence-electron chi connectivity index (χ2n) is 5.47. The maximum absolute atomic E-state index is 4.63. The lowest BCUT2D eigenvalue weighted by Crippen LogP contribution is -2.20. The van der Waals surface area contributed by atoms with E-state index in [2.05, 4.69) is 34.1 Å². The van der Waals surface area contributed by atoms with E-state index in [0.717, 1.165) is 36.7 Å². The fourth-order valence-electron chi connectivity index (χ4n) is 2.04. The van der Waals surface area contributed by atoms with Gasteiger partial charge in [-0.1, -0.05) is 13.8 Å². The Hall–Kier alpha value is -1.81. The van der Waals surface area contributed by atoms with E-state index >= 15 is 0 Å². The maximum atomic E-state index is 4.63. The highest BCUT2D eigenvalue weighted by atomic mass is 14.9. The molecule has 20 heavy (non-hydrogen) atoms. The lowest BCUT2D eigenvalue weighted by molar-refractivity contribution is 0.547. The van der Waals surface area contributed by atoms with E-state index in [9.17, 15) is 0 Å². The number of nitrogens with one attached hydrogen (secondary N) is 1. The largest absolute Gasteiger partial charge is 0.311 e. The summed E-state index contributed by atoms with van der Waals surface area (Å²) in [6, 6.07) is 6.05. The molecule has 0 spiro atoms. The molecule has 4 heteroatoms. The second kappa shape index (κ2) is 7.10. The van der Waals surface area contributed by atoms with E-state index in [-0.39, 0.29) is 0 Å². The van der Waals surface area contributed by atoms with Crippen LogP contribution in [0.5, 0.6) is 0 Å². The molecule has 1 N–H and O–H groups in total. The molecule has 0 fully saturated rings. The zero-order chi connectivity index (χ0) is 14.4. The molecule has 0 aliphatic carbocycles. The van der Waals surface area contributed by atoms with Gasteiger partial charge < -0.3 is 5.32 Å². The number of nitrogens with zero attached hydrogens (tertiary/aromatic N) is 3. The van der Waals surface area contributed by atoms with Crippen LogP contribution in [0.2, 0.25) is 0 Å². The van der Waals surface area contributed by atoms with Gasteiger partial charge in [0, 0.05) is 31.1 Å². The molecular weight excluding hydrogens is 248 g/mol. The first-order valence-electron chi connectivity index (χ1n) is 7.06. The van der Waals surface area contributed by atoms with Crippen LogP contribution in [-0.2, 0) is 13.0 Å². The molecule has 2 rings (SSSR count). The van der Waals surface area contributed by atoms with Crippen LogP contribution < -0.4 is 5.32 Å². The topological polar surface area (TPSA) is 50.7 Å². The van der Waals surface area contributed by atoms with Gasteiger partial charge in [-0.15, -0.1) is 0 Å². The third kappa shape index (κ3) is 4.70. The Morgan fingerprint density at radius 2 is 1.90 bits per heavy atom. The summed E-state index contributed by atoms with van der Waals surface area (Å²) in [4.78, 5) is 13.2. The minimum absolute atomic E-state index is 0.647. The Morgan fingerprint density at radius 3 is 2.60 bits per heavy atom. The maximum Gasteiger partial charge on any atom is 0.133 e. The van der Waals surface area contributed by atoms with E-state index in [4.69, 9.17) is 0 Å². The van der Waals surface area contributed by atoms with Crippen molar-refractivity contribution in [2.45, 2.75) is 33.7 Å². The van der Waals surface area contributed by atoms with E-state index in [0.29, 0.717) is 5.92 Å². The Bertz CT molecular complexity index is 537. The number of pyridine rings is 1. The standard InChI is InChI=1S/C16H22N4/c1-12(2)10-18-11-15-8-13(3)19-16(20-15)9-14-4-6-17-7-5-14/h4-8,12,18H,9-11H2,1-3H3. The predicted molar refractivity (Wildman–Crippen MR) is 80.4 cm³/mol. The van der Waals surface area contributed by atoms with Crippen LogP contribution in [0.3, 0.4) is 0 Å². The number of hydrogen-bond acceptors (Lipinski definition) is 4. The second-order valence-corrected chi connectivity index (χ2v) is 5.47. The molecule has 0 bridgehead atoms. The summed E-state index contributed by atoms with van der Waals surface area (Å²) in [6.07, 6.45) is 4.36. The van der Waals surface area contributed by atoms with E-state index in [1.54, 1.807) is 12.4 Å². The van der Waals surface area contributed by atoms with Crippen molar-refractivity contribution in [3.63, 3.8) is 0 Å². The van der Waals surface area contributed by atoms with Gasteiger partial charge in [0.15, 0.2) is 0 Å². The molecule has 2 aromatic heterocycles. The summed E-state index contributed by atoms with van der Waals surface area (Å²) in [5.74, 6) is 1.52. The fraction of sp³-hybridized carbons (Fsp3) is 0.438. The number of hydrogen-bond donors (Lipinski definition) is 1. The van der Waals surface area contributed by atoms with Gasteiger partial charge in [-0.05, 0) is 43.1 Å². The summed E-state index contributed by atoms with van der Waals surface area (Å²) in [5.41, 5.74) is 3.26. The first-order valence-corrected chi connectivity index (χ1v) is 7.06. The molecule has 0 unspecified atom stereocenters. The summed E-state index contributed by atoms with van der Waals surface area (Å²) >= 11 is 0. The summed E-state index contributed by atoms with van der Waals surface area (Å²) in [6.45, 7) is 8.22. The lowest BCUT2D eigenvalue weighted by atomic mass is 10.2. The Morgan fingerprint density at radius 1 is 1.15 bits per heavy atom. The molecule has 106 valence electrons. The van der Waals surface area contributed by atoms with E-state index in [1.807, 2.05) is 25.1 Å². The Labute approximate surface area is 120 Å². The van der Waals surface area contributed by atoms with Gasteiger partial charge in [0.2, 0.25) is 0 Å². The van der Waals surface area contributed by atoms with Crippen molar-refractivity contribution in [1.29, 1.82) is 0 Å². The molecule has 0 radical (unpaired) electrons. The third-order valence-electron chi connectivity index (χ3n) is 2.92. The van der Waals surface area contributed by atoms with Gasteiger partial charge in [-0.3, -0.25) is 4.98 Å². The van der Waals surface area contributed by atoms with Crippen molar-refractivity contribution in [2.24, 2.45) is 5.92 Å². The highest BCUT2D eigenvalue weighted by Gasteiger charge is 2.04. The van der Waals surface area contributed by atoms with E-state index in [1.165, 1.54) is 5.56 Å². The normalized spacial score (nSPS) is 11.0. The average Bonchev–Trinajstić information content (AvgIpc) is 2.38. The minimum Gasteiger partial charge on any atom is -0.311 e. The molecule has 0 saturated carbocycles. The molecule has 0 aromatic carbocycles. The number of rotatable bonds is 6. The third-order valence-corrected chi connectivity index (χ3v) is 2.92. The van der Waals surface area contributed by atoms with Crippen LogP contribution in [0.25, 0.3) is 0 Å². The van der Waals surface area contributed by atoms with Crippen molar-refractivity contribution >= 4 is 0 Å². The van der Waals surface area contributed by atoms with Crippen molar-refractivity contribution in [3.8, 4) is 0 Å². The highest BCUT2D eigenvalue weighted by Crippen LogP contribution is 2.07. The number of aryl methyl sites for hydroxylation is 1. The Balaban J connectivity index is 2.04. The smallest absolute Gasteiger partial charge is 0.133 e. The van der Waals surface area contributed by atoms with Gasteiger partial charge in [0.1, 0.15) is 5.82 Å². The molecular formula is C16H22N4. The minimum atomic E-state index is 0.647. The first kappa shape index (κ1) is 14.6. The average molecular weight is 270 g/mol. The molecule has 4 nitrogen and oxygen atoms in total. The van der Waals surface area contributed by atoms with Crippen LogP contribution in [0.4, 0.5) is 0 Å². The molecule has 0 saturated heterocycles. The van der Waals surface area contributed by atoms with Crippen molar-refractivity contribution < 1.29 is 0 Å². The van der Waals surface area contributed by atoms with Crippen molar-refractivity contribution in [2.75, 3.05) is 6.54 Å². The predicted octanol–water partition coefficient (Wildman–Crippen LogP) is 2.52. The van der Waals surface area contributed by atoms with Crippen LogP contribution in [0.1, 0.15) is 36.6 Å². The van der Waals surface area contributed by atoms with Gasteiger partial charge in [0.05, 0.1) is 5.69 Å². The molecule has 2 aromatic rings. The highest BCUT2D eigenvalue weighted by molar-refractivity contribution is 5.18. The van der Waals surface area contributed by atoms with Crippen LogP contribution in [-0.4, -0.2) is 21.5 Å². The molecule has 0 atom stereocenters. The monoisotopic (exact) mass is 270 g/mol. The summed E-state index contributed by atoms with van der Waals surface area (Å²) in [7, 11) is 0.